The molecule has 0 N–H and O–H groups in total. The van der Waals surface area contributed by atoms with Crippen LogP contribution in [0.3, 0.4) is 0 Å². The Bertz CT molecular complexity index is 1770. The van der Waals surface area contributed by atoms with Gasteiger partial charge in [0.1, 0.15) is 0 Å². The van der Waals surface area contributed by atoms with Crippen LogP contribution >= 0.6 is 0 Å². The number of rotatable bonds is 4. The molecule has 1 nitrogen and oxygen atoms in total. The third kappa shape index (κ3) is 3.55. The Balaban J connectivity index is 1.42. The Labute approximate surface area is 224 Å². The lowest BCUT2D eigenvalue weighted by atomic mass is 9.82. The molecule has 0 heterocycles. The fourth-order valence-corrected chi connectivity index (χ4v) is 6.10. The molecule has 0 aromatic heterocycles. The van der Waals surface area contributed by atoms with Gasteiger partial charge in [-0.05, 0) is 69.1 Å². The van der Waals surface area contributed by atoms with Gasteiger partial charge in [0.25, 0.3) is 0 Å². The SMILES string of the molecule is CC1(C)c2ccccc2-c2ccc(N(c3ccc(-c4ccccc4)cc3)c3cccc4ccccc34)cc21. The van der Waals surface area contributed by atoms with E-state index in [0.717, 1.165) is 5.69 Å². The van der Waals surface area contributed by atoms with Crippen molar-refractivity contribution in [3.63, 3.8) is 0 Å². The van der Waals surface area contributed by atoms with Gasteiger partial charge in [0, 0.05) is 22.2 Å². The minimum Gasteiger partial charge on any atom is -0.310 e. The van der Waals surface area contributed by atoms with Crippen LogP contribution in [-0.4, -0.2) is 0 Å². The fraction of sp³-hybridized carbons (Fsp3) is 0.0811. The van der Waals surface area contributed by atoms with E-state index in [4.69, 9.17) is 0 Å². The van der Waals surface area contributed by atoms with E-state index in [1.807, 2.05) is 0 Å². The van der Waals surface area contributed by atoms with Gasteiger partial charge in [-0.25, -0.2) is 0 Å². The number of fused-ring (bicyclic) bond motifs is 4. The summed E-state index contributed by atoms with van der Waals surface area (Å²) in [4.78, 5) is 2.41. The fourth-order valence-electron chi connectivity index (χ4n) is 6.10. The van der Waals surface area contributed by atoms with Crippen LogP contribution < -0.4 is 4.90 Å². The van der Waals surface area contributed by atoms with Crippen LogP contribution in [0.15, 0.2) is 140 Å². The monoisotopic (exact) mass is 487 g/mol. The van der Waals surface area contributed by atoms with Crippen molar-refractivity contribution in [1.29, 1.82) is 0 Å². The van der Waals surface area contributed by atoms with Crippen LogP contribution in [-0.2, 0) is 5.41 Å². The molecule has 38 heavy (non-hydrogen) atoms. The molecule has 7 rings (SSSR count). The summed E-state index contributed by atoms with van der Waals surface area (Å²) >= 11 is 0. The molecule has 182 valence electrons. The molecule has 6 aromatic carbocycles. The number of nitrogens with zero attached hydrogens (tertiary/aromatic N) is 1. The summed E-state index contributed by atoms with van der Waals surface area (Å²) in [5, 5.41) is 2.48. The van der Waals surface area contributed by atoms with Gasteiger partial charge in [0.15, 0.2) is 0 Å². The van der Waals surface area contributed by atoms with Crippen LogP contribution in [0.5, 0.6) is 0 Å². The van der Waals surface area contributed by atoms with Crippen molar-refractivity contribution in [2.45, 2.75) is 19.3 Å². The van der Waals surface area contributed by atoms with Crippen LogP contribution in [0.4, 0.5) is 17.1 Å². The second-order valence-electron chi connectivity index (χ2n) is 10.6. The smallest absolute Gasteiger partial charge is 0.0540 e. The molecule has 6 aromatic rings. The molecule has 0 bridgehead atoms. The summed E-state index contributed by atoms with van der Waals surface area (Å²) in [5.41, 5.74) is 11.4. The normalized spacial score (nSPS) is 13.2. The van der Waals surface area contributed by atoms with Gasteiger partial charge < -0.3 is 4.90 Å². The van der Waals surface area contributed by atoms with Gasteiger partial charge in [-0.1, -0.05) is 123 Å². The lowest BCUT2D eigenvalue weighted by molar-refractivity contribution is 0.660. The van der Waals surface area contributed by atoms with Crippen molar-refractivity contribution in [2.75, 3.05) is 4.90 Å². The minimum absolute atomic E-state index is 0.0521. The maximum absolute atomic E-state index is 2.41. The van der Waals surface area contributed by atoms with Gasteiger partial charge in [-0.3, -0.25) is 0 Å². The first kappa shape index (κ1) is 22.6. The lowest BCUT2D eigenvalue weighted by Gasteiger charge is -2.29. The van der Waals surface area contributed by atoms with Crippen molar-refractivity contribution >= 4 is 27.8 Å². The molecule has 0 spiro atoms. The van der Waals surface area contributed by atoms with Gasteiger partial charge in [-0.15, -0.1) is 0 Å². The quantitative estimate of drug-likeness (QED) is 0.239. The number of anilines is 3. The van der Waals surface area contributed by atoms with Gasteiger partial charge >= 0.3 is 0 Å². The first-order valence-corrected chi connectivity index (χ1v) is 13.3. The first-order chi connectivity index (χ1) is 18.6. The van der Waals surface area contributed by atoms with Crippen LogP contribution in [0.25, 0.3) is 33.0 Å². The average Bonchev–Trinajstić information content (AvgIpc) is 3.20. The maximum Gasteiger partial charge on any atom is 0.0540 e. The molecule has 0 atom stereocenters. The number of hydrogen-bond donors (Lipinski definition) is 0. The molecular formula is C37H29N. The Morgan fingerprint density at radius 2 is 1.11 bits per heavy atom. The highest BCUT2D eigenvalue weighted by atomic mass is 15.1. The largest absolute Gasteiger partial charge is 0.310 e. The third-order valence-electron chi connectivity index (χ3n) is 8.07. The Morgan fingerprint density at radius 3 is 1.95 bits per heavy atom. The minimum atomic E-state index is -0.0521. The molecule has 0 unspecified atom stereocenters. The molecule has 0 saturated carbocycles. The molecule has 0 saturated heterocycles. The highest BCUT2D eigenvalue weighted by molar-refractivity contribution is 5.99. The van der Waals surface area contributed by atoms with E-state index in [9.17, 15) is 0 Å². The van der Waals surface area contributed by atoms with E-state index in [-0.39, 0.29) is 5.41 Å². The lowest BCUT2D eigenvalue weighted by Crippen LogP contribution is -2.16. The molecule has 1 aliphatic rings. The van der Waals surface area contributed by atoms with Crippen molar-refractivity contribution < 1.29 is 0 Å². The second kappa shape index (κ2) is 8.75. The highest BCUT2D eigenvalue weighted by Gasteiger charge is 2.35. The summed E-state index contributed by atoms with van der Waals surface area (Å²) in [6.45, 7) is 4.69. The van der Waals surface area contributed by atoms with Gasteiger partial charge in [-0.2, -0.15) is 0 Å². The molecule has 1 aliphatic carbocycles. The zero-order valence-electron chi connectivity index (χ0n) is 21.7. The zero-order chi connectivity index (χ0) is 25.7. The van der Waals surface area contributed by atoms with Crippen molar-refractivity contribution in [1.82, 2.24) is 0 Å². The standard InChI is InChI=1S/C37H29N/c1-37(2)34-17-9-8-16-32(34)33-24-23-30(25-35(33)37)38(36-18-10-14-28-13-6-7-15-31(28)36)29-21-19-27(20-22-29)26-11-4-3-5-12-26/h3-25H,1-2H3. The predicted molar refractivity (Wildman–Crippen MR) is 162 cm³/mol. The van der Waals surface area contributed by atoms with E-state index in [2.05, 4.69) is 158 Å². The molecular weight excluding hydrogens is 458 g/mol. The molecule has 1 heteroatoms. The van der Waals surface area contributed by atoms with E-state index in [1.54, 1.807) is 0 Å². The summed E-state index contributed by atoms with van der Waals surface area (Å²) in [6, 6.07) is 50.6. The third-order valence-corrected chi connectivity index (χ3v) is 8.07. The van der Waals surface area contributed by atoms with Crippen molar-refractivity contribution in [3.05, 3.63) is 151 Å². The van der Waals surface area contributed by atoms with E-state index in [1.165, 1.54) is 55.5 Å². The number of benzene rings is 6. The maximum atomic E-state index is 2.41. The average molecular weight is 488 g/mol. The first-order valence-electron chi connectivity index (χ1n) is 13.3. The van der Waals surface area contributed by atoms with E-state index >= 15 is 0 Å². The van der Waals surface area contributed by atoms with Crippen molar-refractivity contribution in [3.8, 4) is 22.3 Å². The Hall–Kier alpha value is -4.62. The number of hydrogen-bond acceptors (Lipinski definition) is 1. The molecule has 0 radical (unpaired) electrons. The summed E-state index contributed by atoms with van der Waals surface area (Å²) in [5.74, 6) is 0. The zero-order valence-corrected chi connectivity index (χ0v) is 21.7. The van der Waals surface area contributed by atoms with Crippen LogP contribution in [0.2, 0.25) is 0 Å². The summed E-state index contributed by atoms with van der Waals surface area (Å²) < 4.78 is 0. The van der Waals surface area contributed by atoms with E-state index in [0.29, 0.717) is 0 Å². The molecule has 0 aliphatic heterocycles. The summed E-state index contributed by atoms with van der Waals surface area (Å²) in [7, 11) is 0. The topological polar surface area (TPSA) is 3.24 Å². The van der Waals surface area contributed by atoms with Crippen LogP contribution in [0, 0.1) is 0 Å². The van der Waals surface area contributed by atoms with E-state index < -0.39 is 0 Å². The Morgan fingerprint density at radius 1 is 0.474 bits per heavy atom. The van der Waals surface area contributed by atoms with Crippen molar-refractivity contribution in [2.24, 2.45) is 0 Å². The molecule has 0 fully saturated rings. The van der Waals surface area contributed by atoms with Crippen LogP contribution in [0.1, 0.15) is 25.0 Å². The Kier molecular flexibility index (Phi) is 5.19. The highest BCUT2D eigenvalue weighted by Crippen LogP contribution is 2.51. The predicted octanol–water partition coefficient (Wildman–Crippen LogP) is 10.3. The summed E-state index contributed by atoms with van der Waals surface area (Å²) in [6.07, 6.45) is 0. The second-order valence-corrected chi connectivity index (χ2v) is 10.6. The molecule has 0 amide bonds. The van der Waals surface area contributed by atoms with Gasteiger partial charge in [0.05, 0.1) is 5.69 Å². The van der Waals surface area contributed by atoms with Gasteiger partial charge in [0.2, 0.25) is 0 Å².